The Balaban J connectivity index is 1.97. The summed E-state index contributed by atoms with van der Waals surface area (Å²) in [6, 6.07) is 15.1. The number of ether oxygens (including phenoxy) is 1. The molecule has 0 saturated heterocycles. The van der Waals surface area contributed by atoms with Crippen LogP contribution >= 0.6 is 35.3 Å². The maximum atomic E-state index is 13.9. The molecule has 2 aromatic heterocycles. The first-order chi connectivity index (χ1) is 16.9. The van der Waals surface area contributed by atoms with Crippen LogP contribution in [-0.4, -0.2) is 50.9 Å². The molecule has 10 heteroatoms. The van der Waals surface area contributed by atoms with Crippen LogP contribution in [0.1, 0.15) is 19.4 Å². The van der Waals surface area contributed by atoms with E-state index in [1.807, 2.05) is 67.8 Å². The van der Waals surface area contributed by atoms with Gasteiger partial charge in [-0.2, -0.15) is 0 Å². The Kier molecular flexibility index (Phi) is 7.73. The number of aromatic nitrogens is 3. The number of thioether (sulfide) groups is 1. The molecular weight excluding hydrogens is 501 g/mol. The highest BCUT2D eigenvalue weighted by atomic mass is 32.2. The van der Waals surface area contributed by atoms with Crippen LogP contribution in [0.4, 0.5) is 0 Å². The van der Waals surface area contributed by atoms with Crippen LogP contribution in [0.25, 0.3) is 21.7 Å². The van der Waals surface area contributed by atoms with Crippen LogP contribution in [0.5, 0.6) is 5.75 Å². The van der Waals surface area contributed by atoms with Gasteiger partial charge in [0, 0.05) is 13.1 Å². The van der Waals surface area contributed by atoms with Gasteiger partial charge in [0.1, 0.15) is 10.4 Å². The van der Waals surface area contributed by atoms with Gasteiger partial charge < -0.3 is 9.64 Å². The zero-order valence-electron chi connectivity index (χ0n) is 20.0. The molecule has 0 radical (unpaired) electrons. The molecular formula is C25H26N4O3S3. The molecule has 0 fully saturated rings. The monoisotopic (exact) mass is 526 g/mol. The second-order valence-corrected chi connectivity index (χ2v) is 10.3. The van der Waals surface area contributed by atoms with Gasteiger partial charge in [0.15, 0.2) is 14.8 Å². The Morgan fingerprint density at radius 3 is 2.40 bits per heavy atom. The summed E-state index contributed by atoms with van der Waals surface area (Å²) >= 11 is 8.15. The van der Waals surface area contributed by atoms with E-state index >= 15 is 0 Å². The van der Waals surface area contributed by atoms with Gasteiger partial charge >= 0.3 is 0 Å². The quantitative estimate of drug-likeness (QED) is 0.178. The van der Waals surface area contributed by atoms with Gasteiger partial charge in [0.25, 0.3) is 5.56 Å². The lowest BCUT2D eigenvalue weighted by Gasteiger charge is -2.19. The Labute approximate surface area is 217 Å². The average molecular weight is 527 g/mol. The molecule has 4 aromatic rings. The number of nitrogens with zero attached hydrogens (tertiary/aromatic N) is 4. The summed E-state index contributed by atoms with van der Waals surface area (Å²) in [5, 5.41) is 0.405. The van der Waals surface area contributed by atoms with Gasteiger partial charge in [0.2, 0.25) is 5.91 Å². The number of methoxy groups -OCH3 is 1. The number of carbonyl (C=O) groups excluding carboxylic acids is 1. The fourth-order valence-corrected chi connectivity index (χ4v) is 6.07. The summed E-state index contributed by atoms with van der Waals surface area (Å²) in [7, 11) is 1.56. The SMILES string of the molecule is CCN(CC)C(=O)CSc1nc2c(sc(=S)n2-c2ccccc2C)c(=O)n1-c1ccccc1OC. The van der Waals surface area contributed by atoms with Crippen molar-refractivity contribution in [2.45, 2.75) is 25.9 Å². The van der Waals surface area contributed by atoms with Crippen LogP contribution in [-0.2, 0) is 4.79 Å². The topological polar surface area (TPSA) is 69.4 Å². The van der Waals surface area contributed by atoms with Crippen molar-refractivity contribution in [2.75, 3.05) is 26.0 Å². The van der Waals surface area contributed by atoms with Gasteiger partial charge in [0.05, 0.1) is 24.2 Å². The van der Waals surface area contributed by atoms with E-state index in [9.17, 15) is 9.59 Å². The molecule has 7 nitrogen and oxygen atoms in total. The molecule has 2 aromatic carbocycles. The molecule has 0 saturated carbocycles. The summed E-state index contributed by atoms with van der Waals surface area (Å²) in [5.41, 5.74) is 2.70. The predicted octanol–water partition coefficient (Wildman–Crippen LogP) is 5.24. The normalized spacial score (nSPS) is 11.1. The van der Waals surface area contributed by atoms with E-state index in [2.05, 4.69) is 0 Å². The minimum Gasteiger partial charge on any atom is -0.495 e. The van der Waals surface area contributed by atoms with Crippen molar-refractivity contribution in [3.05, 3.63) is 68.4 Å². The van der Waals surface area contributed by atoms with Gasteiger partial charge in [-0.15, -0.1) is 0 Å². The highest BCUT2D eigenvalue weighted by molar-refractivity contribution is 7.99. The number of carbonyl (C=O) groups is 1. The number of para-hydroxylation sites is 3. The summed E-state index contributed by atoms with van der Waals surface area (Å²) in [6.07, 6.45) is 0. The Morgan fingerprint density at radius 1 is 1.09 bits per heavy atom. The number of thiazole rings is 1. The number of aryl methyl sites for hydroxylation is 1. The molecule has 1 amide bonds. The fraction of sp³-hybridized carbons (Fsp3) is 0.280. The number of benzene rings is 2. The number of hydrogen-bond donors (Lipinski definition) is 0. The maximum Gasteiger partial charge on any atom is 0.278 e. The van der Waals surface area contributed by atoms with Crippen molar-refractivity contribution in [2.24, 2.45) is 0 Å². The molecule has 2 heterocycles. The molecule has 0 aliphatic heterocycles. The number of hydrogen-bond acceptors (Lipinski definition) is 7. The van der Waals surface area contributed by atoms with E-state index in [1.54, 1.807) is 18.1 Å². The maximum absolute atomic E-state index is 13.9. The summed E-state index contributed by atoms with van der Waals surface area (Å²) < 4.78 is 9.89. The third kappa shape index (κ3) is 4.78. The van der Waals surface area contributed by atoms with E-state index in [1.165, 1.54) is 27.7 Å². The standard InChI is InChI=1S/C25H26N4O3S3/c1-5-27(6-2)20(30)15-34-24-26-22-21(23(31)29(24)18-13-9-10-14-19(18)32-4)35-25(33)28(22)17-12-8-7-11-16(17)3/h7-14H,5-6,15H2,1-4H3. The summed E-state index contributed by atoms with van der Waals surface area (Å²) in [6.45, 7) is 7.14. The van der Waals surface area contributed by atoms with Crippen molar-refractivity contribution in [1.82, 2.24) is 19.0 Å². The van der Waals surface area contributed by atoms with Crippen LogP contribution in [0.15, 0.2) is 58.5 Å². The van der Waals surface area contributed by atoms with E-state index in [0.29, 0.717) is 44.0 Å². The zero-order chi connectivity index (χ0) is 25.1. The van der Waals surface area contributed by atoms with Crippen molar-refractivity contribution >= 4 is 51.6 Å². The molecule has 0 bridgehead atoms. The Hall–Kier alpha value is -2.95. The largest absolute Gasteiger partial charge is 0.495 e. The lowest BCUT2D eigenvalue weighted by atomic mass is 10.2. The highest BCUT2D eigenvalue weighted by Gasteiger charge is 2.22. The van der Waals surface area contributed by atoms with Crippen LogP contribution in [0.2, 0.25) is 0 Å². The Bertz CT molecular complexity index is 1500. The summed E-state index contributed by atoms with van der Waals surface area (Å²) in [4.78, 5) is 33.4. The first-order valence-electron chi connectivity index (χ1n) is 11.2. The van der Waals surface area contributed by atoms with Crippen LogP contribution < -0.4 is 10.3 Å². The summed E-state index contributed by atoms with van der Waals surface area (Å²) in [5.74, 6) is 0.681. The molecule has 182 valence electrons. The molecule has 0 atom stereocenters. The zero-order valence-corrected chi connectivity index (χ0v) is 22.4. The number of amides is 1. The highest BCUT2D eigenvalue weighted by Crippen LogP contribution is 2.31. The molecule has 0 aliphatic carbocycles. The van der Waals surface area contributed by atoms with Crippen molar-refractivity contribution in [3.63, 3.8) is 0 Å². The third-order valence-electron chi connectivity index (χ3n) is 5.70. The second kappa shape index (κ2) is 10.8. The van der Waals surface area contributed by atoms with Crippen LogP contribution in [0.3, 0.4) is 0 Å². The first kappa shape index (κ1) is 25.2. The minimum atomic E-state index is -0.249. The van der Waals surface area contributed by atoms with E-state index in [4.69, 9.17) is 21.9 Å². The molecule has 35 heavy (non-hydrogen) atoms. The van der Waals surface area contributed by atoms with Crippen LogP contribution in [0, 0.1) is 10.9 Å². The smallest absolute Gasteiger partial charge is 0.278 e. The molecule has 0 N–H and O–H groups in total. The van der Waals surface area contributed by atoms with Crippen molar-refractivity contribution < 1.29 is 9.53 Å². The van der Waals surface area contributed by atoms with E-state index in [0.717, 1.165) is 11.3 Å². The average Bonchev–Trinajstić information content (AvgIpc) is 3.20. The number of fused-ring (bicyclic) bond motifs is 1. The first-order valence-corrected chi connectivity index (χ1v) is 13.4. The molecule has 4 rings (SSSR count). The van der Waals surface area contributed by atoms with Gasteiger partial charge in [-0.1, -0.05) is 53.4 Å². The lowest BCUT2D eigenvalue weighted by molar-refractivity contribution is -0.127. The Morgan fingerprint density at radius 2 is 1.74 bits per heavy atom. The molecule has 0 aliphatic rings. The lowest BCUT2D eigenvalue weighted by Crippen LogP contribution is -2.32. The molecule has 0 spiro atoms. The van der Waals surface area contributed by atoms with Gasteiger partial charge in [-0.25, -0.2) is 4.98 Å². The molecule has 0 unspecified atom stereocenters. The second-order valence-electron chi connectivity index (χ2n) is 7.70. The van der Waals surface area contributed by atoms with E-state index in [-0.39, 0.29) is 17.2 Å². The van der Waals surface area contributed by atoms with E-state index < -0.39 is 0 Å². The van der Waals surface area contributed by atoms with Crippen molar-refractivity contribution in [3.8, 4) is 17.1 Å². The van der Waals surface area contributed by atoms with Crippen molar-refractivity contribution in [1.29, 1.82) is 0 Å². The van der Waals surface area contributed by atoms with Gasteiger partial charge in [-0.3, -0.25) is 18.7 Å². The van der Waals surface area contributed by atoms with Gasteiger partial charge in [-0.05, 0) is 56.8 Å². The minimum absolute atomic E-state index is 0.0121. The fourth-order valence-electron chi connectivity index (χ4n) is 3.88. The third-order valence-corrected chi connectivity index (χ3v) is 7.97. The predicted molar refractivity (Wildman–Crippen MR) is 145 cm³/mol. The number of rotatable bonds is 8.